The highest BCUT2D eigenvalue weighted by atomic mass is 35.5. The number of halogens is 1. The zero-order chi connectivity index (χ0) is 24.7. The number of anilines is 1. The van der Waals surface area contributed by atoms with Crippen molar-refractivity contribution in [3.8, 4) is 11.5 Å². The van der Waals surface area contributed by atoms with Crippen LogP contribution in [0.2, 0.25) is 5.02 Å². The number of amides is 2. The molecule has 11 heteroatoms. The van der Waals surface area contributed by atoms with Gasteiger partial charge in [-0.25, -0.2) is 0 Å². The van der Waals surface area contributed by atoms with Crippen LogP contribution < -0.4 is 14.8 Å². The Balaban J connectivity index is 1.78. The quantitative estimate of drug-likeness (QED) is 0.518. The number of nitrogens with zero attached hydrogens (tertiary/aromatic N) is 1. The van der Waals surface area contributed by atoms with Gasteiger partial charge >= 0.3 is 5.97 Å². The molecule has 3 rings (SSSR count). The number of aliphatic carboxylic acids is 1. The highest BCUT2D eigenvalue weighted by molar-refractivity contribution is 6.33. The van der Waals surface area contributed by atoms with Gasteiger partial charge in [0.15, 0.2) is 23.7 Å². The van der Waals surface area contributed by atoms with Crippen molar-refractivity contribution in [2.45, 2.75) is 25.2 Å². The minimum absolute atomic E-state index is 0.0607. The molecule has 2 amide bonds. The summed E-state index contributed by atoms with van der Waals surface area (Å²) >= 11 is 6.10. The van der Waals surface area contributed by atoms with Crippen molar-refractivity contribution in [2.75, 3.05) is 32.9 Å². The van der Waals surface area contributed by atoms with E-state index in [1.165, 1.54) is 19.1 Å². The number of nitrogens with one attached hydrogen (secondary N) is 1. The van der Waals surface area contributed by atoms with Gasteiger partial charge in [-0.3, -0.25) is 14.4 Å². The van der Waals surface area contributed by atoms with E-state index in [4.69, 9.17) is 35.7 Å². The third kappa shape index (κ3) is 6.16. The highest BCUT2D eigenvalue weighted by Gasteiger charge is 2.42. The summed E-state index contributed by atoms with van der Waals surface area (Å²) in [5, 5.41) is 12.1. The number of carbonyl (C=O) groups is 3. The van der Waals surface area contributed by atoms with Crippen LogP contribution in [-0.2, 0) is 30.4 Å². The first-order chi connectivity index (χ1) is 16.3. The number of hydrogen-bond donors (Lipinski definition) is 2. The molecule has 2 N–H and O–H groups in total. The van der Waals surface area contributed by atoms with Crippen molar-refractivity contribution in [1.29, 1.82) is 0 Å². The van der Waals surface area contributed by atoms with Crippen LogP contribution in [0.5, 0.6) is 11.5 Å². The molecule has 1 aliphatic rings. The van der Waals surface area contributed by atoms with E-state index in [1.807, 2.05) is 0 Å². The Hall–Kier alpha value is -3.34. The molecule has 2 atom stereocenters. The van der Waals surface area contributed by atoms with Crippen molar-refractivity contribution >= 4 is 35.1 Å². The van der Waals surface area contributed by atoms with E-state index in [0.29, 0.717) is 27.8 Å². The van der Waals surface area contributed by atoms with E-state index >= 15 is 0 Å². The van der Waals surface area contributed by atoms with E-state index in [9.17, 15) is 14.4 Å². The Morgan fingerprint density at radius 1 is 1.09 bits per heavy atom. The molecule has 1 aliphatic heterocycles. The summed E-state index contributed by atoms with van der Waals surface area (Å²) < 4.78 is 21.3. The van der Waals surface area contributed by atoms with E-state index < -0.39 is 30.0 Å². The van der Waals surface area contributed by atoms with Gasteiger partial charge in [-0.15, -0.1) is 0 Å². The van der Waals surface area contributed by atoms with Crippen molar-refractivity contribution in [2.24, 2.45) is 0 Å². The molecule has 0 saturated carbocycles. The van der Waals surface area contributed by atoms with E-state index in [1.54, 1.807) is 42.5 Å². The molecule has 0 bridgehead atoms. The fourth-order valence-electron chi connectivity index (χ4n) is 3.42. The SMILES string of the molecule is COc1ccc(CN(CCC(=O)O)C(=O)[C@@H]2OCO[C@H]2C(=O)Nc2ccccc2Cl)cc1OC. The predicted octanol–water partition coefficient (Wildman–Crippen LogP) is 2.54. The van der Waals surface area contributed by atoms with Crippen LogP contribution in [0.3, 0.4) is 0 Å². The molecule has 0 aromatic heterocycles. The topological polar surface area (TPSA) is 124 Å². The smallest absolute Gasteiger partial charge is 0.305 e. The highest BCUT2D eigenvalue weighted by Crippen LogP contribution is 2.29. The standard InChI is InChI=1S/C23H25ClN2O8/c1-31-17-8-7-14(11-18(17)32-2)12-26(10-9-19(27)28)23(30)21-20(33-13-34-21)22(29)25-16-6-4-3-5-15(16)24/h3-8,11,20-21H,9-10,12-13H2,1-2H3,(H,25,29)(H,27,28)/t20-,21-/m1/s1. The van der Waals surface area contributed by atoms with Gasteiger partial charge in [-0.1, -0.05) is 29.8 Å². The second kappa shape index (κ2) is 11.7. The first-order valence-electron chi connectivity index (χ1n) is 10.3. The van der Waals surface area contributed by atoms with Crippen molar-refractivity contribution < 1.29 is 38.4 Å². The maximum atomic E-state index is 13.3. The van der Waals surface area contributed by atoms with Gasteiger partial charge in [-0.2, -0.15) is 0 Å². The average Bonchev–Trinajstić information content (AvgIpc) is 3.32. The lowest BCUT2D eigenvalue weighted by molar-refractivity contribution is -0.146. The van der Waals surface area contributed by atoms with Gasteiger partial charge in [0.1, 0.15) is 6.79 Å². The molecule has 2 aromatic rings. The summed E-state index contributed by atoms with van der Waals surface area (Å²) in [6.45, 7) is -0.299. The van der Waals surface area contributed by atoms with Crippen LogP contribution >= 0.6 is 11.6 Å². The summed E-state index contributed by atoms with van der Waals surface area (Å²) in [6.07, 6.45) is -2.78. The number of rotatable bonds is 10. The second-order valence-electron chi connectivity index (χ2n) is 7.35. The van der Waals surface area contributed by atoms with Gasteiger partial charge in [0, 0.05) is 13.1 Å². The lowest BCUT2D eigenvalue weighted by Gasteiger charge is -2.26. The third-order valence-corrected chi connectivity index (χ3v) is 5.46. The number of hydrogen-bond acceptors (Lipinski definition) is 7. The van der Waals surface area contributed by atoms with Crippen LogP contribution in [0.1, 0.15) is 12.0 Å². The summed E-state index contributed by atoms with van der Waals surface area (Å²) in [5.74, 6) is -1.27. The third-order valence-electron chi connectivity index (χ3n) is 5.13. The maximum Gasteiger partial charge on any atom is 0.305 e. The number of benzene rings is 2. The Morgan fingerprint density at radius 2 is 1.79 bits per heavy atom. The number of methoxy groups -OCH3 is 2. The van der Waals surface area contributed by atoms with Gasteiger partial charge in [0.25, 0.3) is 11.8 Å². The molecule has 1 saturated heterocycles. The zero-order valence-corrected chi connectivity index (χ0v) is 19.4. The fraction of sp³-hybridized carbons (Fsp3) is 0.348. The number of para-hydroxylation sites is 1. The van der Waals surface area contributed by atoms with Gasteiger partial charge < -0.3 is 34.3 Å². The summed E-state index contributed by atoms with van der Waals surface area (Å²) in [5.41, 5.74) is 1.04. The number of ether oxygens (including phenoxy) is 4. The van der Waals surface area contributed by atoms with Crippen LogP contribution in [0.15, 0.2) is 42.5 Å². The number of carbonyl (C=O) groups excluding carboxylic acids is 2. The van der Waals surface area contributed by atoms with E-state index in [-0.39, 0.29) is 26.3 Å². The van der Waals surface area contributed by atoms with Crippen molar-refractivity contribution in [1.82, 2.24) is 4.90 Å². The molecule has 182 valence electrons. The maximum absolute atomic E-state index is 13.3. The molecule has 1 fully saturated rings. The molecule has 2 aromatic carbocycles. The van der Waals surface area contributed by atoms with Crippen LogP contribution in [0, 0.1) is 0 Å². The lowest BCUT2D eigenvalue weighted by Crippen LogP contribution is -2.48. The second-order valence-corrected chi connectivity index (χ2v) is 7.76. The molecule has 1 heterocycles. The van der Waals surface area contributed by atoms with E-state index in [0.717, 1.165) is 0 Å². The van der Waals surface area contributed by atoms with Gasteiger partial charge in [0.2, 0.25) is 0 Å². The Kier molecular flexibility index (Phi) is 8.69. The zero-order valence-electron chi connectivity index (χ0n) is 18.7. The predicted molar refractivity (Wildman–Crippen MR) is 122 cm³/mol. The van der Waals surface area contributed by atoms with Crippen molar-refractivity contribution in [3.63, 3.8) is 0 Å². The minimum Gasteiger partial charge on any atom is -0.493 e. The molecule has 0 aliphatic carbocycles. The summed E-state index contributed by atoms with van der Waals surface area (Å²) in [6, 6.07) is 11.7. The minimum atomic E-state index is -1.25. The Bertz CT molecular complexity index is 1050. The molecular formula is C23H25ClN2O8. The average molecular weight is 493 g/mol. The monoisotopic (exact) mass is 492 g/mol. The van der Waals surface area contributed by atoms with Crippen LogP contribution in [0.4, 0.5) is 5.69 Å². The molecular weight excluding hydrogens is 468 g/mol. The van der Waals surface area contributed by atoms with Crippen LogP contribution in [0.25, 0.3) is 0 Å². The number of carboxylic acid groups (broad SMARTS) is 1. The number of carboxylic acids is 1. The molecule has 34 heavy (non-hydrogen) atoms. The first kappa shape index (κ1) is 25.3. The van der Waals surface area contributed by atoms with Gasteiger partial charge in [-0.05, 0) is 29.8 Å². The molecule has 0 unspecified atom stereocenters. The lowest BCUT2D eigenvalue weighted by atomic mass is 10.1. The molecule has 10 nitrogen and oxygen atoms in total. The first-order valence-corrected chi connectivity index (χ1v) is 10.7. The van der Waals surface area contributed by atoms with Crippen LogP contribution in [-0.4, -0.2) is 67.6 Å². The molecule has 0 spiro atoms. The largest absolute Gasteiger partial charge is 0.493 e. The fourth-order valence-corrected chi connectivity index (χ4v) is 3.60. The summed E-state index contributed by atoms with van der Waals surface area (Å²) in [4.78, 5) is 38.6. The summed E-state index contributed by atoms with van der Waals surface area (Å²) in [7, 11) is 2.99. The normalized spacial score (nSPS) is 17.1. The van der Waals surface area contributed by atoms with E-state index in [2.05, 4.69) is 5.32 Å². The van der Waals surface area contributed by atoms with Gasteiger partial charge in [0.05, 0.1) is 31.4 Å². The van der Waals surface area contributed by atoms with Crippen molar-refractivity contribution in [3.05, 3.63) is 53.1 Å². The Morgan fingerprint density at radius 3 is 2.47 bits per heavy atom. The Labute approximate surface area is 201 Å². The molecule has 0 radical (unpaired) electrons.